The van der Waals surface area contributed by atoms with Gasteiger partial charge in [-0.1, -0.05) is 30.1 Å². The Balaban J connectivity index is 1.45. The number of imidazole rings is 1. The van der Waals surface area contributed by atoms with Crippen LogP contribution in [0.15, 0.2) is 38.9 Å². The second-order valence-corrected chi connectivity index (χ2v) is 9.35. The van der Waals surface area contributed by atoms with E-state index >= 15 is 0 Å². The monoisotopic (exact) mass is 611 g/mol. The number of nitrogens with zero attached hydrogens (tertiary/aromatic N) is 8. The Hall–Kier alpha value is -4.02. The smallest absolute Gasteiger partial charge is 0.334 e. The molecule has 3 aromatic rings. The summed E-state index contributed by atoms with van der Waals surface area (Å²) in [4.78, 5) is 48.1. The Labute approximate surface area is 227 Å². The molecule has 2 aliphatic rings. The predicted molar refractivity (Wildman–Crippen MR) is 130 cm³/mol. The number of aromatic nitrogens is 5. The molecule has 3 aromatic heterocycles. The molecule has 0 bridgehead atoms. The van der Waals surface area contributed by atoms with Crippen LogP contribution in [0, 0.1) is 0 Å². The minimum atomic E-state index is -5.27. The summed E-state index contributed by atoms with van der Waals surface area (Å²) >= 11 is 3.22. The number of hydrazone groups is 1. The number of pyridine rings is 1. The Morgan fingerprint density at radius 2 is 1.97 bits per heavy atom. The Kier molecular flexibility index (Phi) is 7.24. The number of H-pyrrole nitrogens is 1. The average molecular weight is 612 g/mol. The van der Waals surface area contributed by atoms with Crippen LogP contribution in [-0.4, -0.2) is 71.9 Å². The van der Waals surface area contributed by atoms with Gasteiger partial charge in [-0.25, -0.2) is 14.7 Å². The number of hydrogen-bond donors (Lipinski definition) is 1. The molecule has 1 unspecified atom stereocenters. The van der Waals surface area contributed by atoms with Crippen molar-refractivity contribution in [3.8, 4) is 11.5 Å². The lowest BCUT2D eigenvalue weighted by atomic mass is 10.2. The number of fused-ring (bicyclic) bond motifs is 2. The van der Waals surface area contributed by atoms with E-state index in [2.05, 4.69) is 51.0 Å². The quantitative estimate of drug-likeness (QED) is 0.356. The van der Waals surface area contributed by atoms with Crippen molar-refractivity contribution in [1.82, 2.24) is 35.2 Å². The van der Waals surface area contributed by atoms with E-state index in [0.717, 1.165) is 12.8 Å². The first-order valence-corrected chi connectivity index (χ1v) is 12.7. The number of hydroxylamine groups is 1. The molecule has 1 amide bonds. The molecule has 1 N–H and O–H groups in total. The van der Waals surface area contributed by atoms with E-state index in [1.54, 1.807) is 29.4 Å². The van der Waals surface area contributed by atoms with E-state index in [-0.39, 0.29) is 46.6 Å². The van der Waals surface area contributed by atoms with Crippen molar-refractivity contribution in [2.45, 2.75) is 51.5 Å². The van der Waals surface area contributed by atoms with Crippen molar-refractivity contribution in [1.29, 1.82) is 0 Å². The maximum Gasteiger partial charge on any atom is 0.493 e. The number of amides is 1. The number of aryl methyl sites for hydroxylation is 1. The van der Waals surface area contributed by atoms with Crippen molar-refractivity contribution in [3.63, 3.8) is 0 Å². The maximum atomic E-state index is 13.5. The molecule has 5 rings (SSSR count). The summed E-state index contributed by atoms with van der Waals surface area (Å²) in [6.45, 7) is 2.30. The van der Waals surface area contributed by atoms with Crippen molar-refractivity contribution in [2.75, 3.05) is 11.4 Å². The van der Waals surface area contributed by atoms with Gasteiger partial charge in [-0.15, -0.1) is 5.10 Å². The fourth-order valence-corrected chi connectivity index (χ4v) is 4.53. The molecule has 0 saturated heterocycles. The van der Waals surface area contributed by atoms with Gasteiger partial charge in [-0.05, 0) is 34.5 Å². The van der Waals surface area contributed by atoms with Gasteiger partial charge < -0.3 is 19.2 Å². The largest absolute Gasteiger partial charge is 0.493 e. The highest BCUT2D eigenvalue weighted by Crippen LogP contribution is 2.37. The molecular weight excluding hydrogens is 591 g/mol. The normalized spacial score (nSPS) is 16.8. The summed E-state index contributed by atoms with van der Waals surface area (Å²) in [5.74, 6) is -2.29. The minimum Gasteiger partial charge on any atom is -0.334 e. The summed E-state index contributed by atoms with van der Waals surface area (Å²) in [6.07, 6.45) is -0.981. The topological polar surface area (TPSA) is 146 Å². The second-order valence-electron chi connectivity index (χ2n) is 8.60. The number of anilines is 1. The van der Waals surface area contributed by atoms with Crippen LogP contribution in [0.25, 0.3) is 11.5 Å². The van der Waals surface area contributed by atoms with Crippen LogP contribution in [0.3, 0.4) is 0 Å². The first-order valence-electron chi connectivity index (χ1n) is 11.9. The van der Waals surface area contributed by atoms with Gasteiger partial charge in [-0.3, -0.25) is 9.78 Å². The van der Waals surface area contributed by atoms with Gasteiger partial charge in [0.2, 0.25) is 6.29 Å². The zero-order valence-electron chi connectivity index (χ0n) is 20.4. The van der Waals surface area contributed by atoms with E-state index in [0.29, 0.717) is 23.7 Å². The minimum absolute atomic E-state index is 0.0189. The molecule has 0 fully saturated rings. The highest BCUT2D eigenvalue weighted by Gasteiger charge is 2.52. The molecular formula is C22H21BrF3N9O4. The molecule has 39 heavy (non-hydrogen) atoms. The molecule has 0 radical (unpaired) electrons. The standard InChI is InChI=1S/C22H21BrF3N9O4/c1-2-3-4-11-33-16-15(29-20(23)30-16)18(36)34-14(31-35(21(33)34)39-19(37)22(24,25)26)6-5-13-28-17(38-32-13)12-7-9-27-10-8-12/h7-10,21H,2-6,11H2,1H3,(H,29,30). The maximum absolute atomic E-state index is 13.5. The van der Waals surface area contributed by atoms with Crippen molar-refractivity contribution in [3.05, 3.63) is 40.8 Å². The molecule has 0 aliphatic carbocycles. The predicted octanol–water partition coefficient (Wildman–Crippen LogP) is 3.64. The number of alkyl halides is 3. The highest BCUT2D eigenvalue weighted by atomic mass is 79.9. The van der Waals surface area contributed by atoms with E-state index < -0.39 is 24.3 Å². The molecule has 17 heteroatoms. The number of rotatable bonds is 9. The lowest BCUT2D eigenvalue weighted by Crippen LogP contribution is -2.60. The molecule has 0 aromatic carbocycles. The molecule has 0 saturated carbocycles. The van der Waals surface area contributed by atoms with Crippen LogP contribution in [-0.2, 0) is 16.1 Å². The number of unbranched alkanes of at least 4 members (excludes halogenated alkanes) is 2. The van der Waals surface area contributed by atoms with Crippen LogP contribution in [0.5, 0.6) is 0 Å². The number of halogens is 4. The number of nitrogens with one attached hydrogen (secondary N) is 1. The van der Waals surface area contributed by atoms with Crippen LogP contribution in [0.2, 0.25) is 0 Å². The van der Waals surface area contributed by atoms with Crippen molar-refractivity contribution in [2.24, 2.45) is 5.10 Å². The Morgan fingerprint density at radius 3 is 2.69 bits per heavy atom. The SMILES string of the molecule is CCCCCN1c2nc(Br)[nH]c2C(=O)N2C(CCc3noc(-c4ccncc4)n3)=NN(OC(=O)C(F)(F)F)C21. The summed E-state index contributed by atoms with van der Waals surface area (Å²) in [5, 5.41) is 8.54. The van der Waals surface area contributed by atoms with Crippen molar-refractivity contribution < 1.29 is 32.1 Å². The third kappa shape index (κ3) is 5.30. The van der Waals surface area contributed by atoms with Gasteiger partial charge in [0.15, 0.2) is 16.4 Å². The van der Waals surface area contributed by atoms with Crippen molar-refractivity contribution >= 4 is 39.5 Å². The van der Waals surface area contributed by atoms with Gasteiger partial charge in [-0.2, -0.15) is 18.2 Å². The zero-order valence-corrected chi connectivity index (χ0v) is 21.9. The van der Waals surface area contributed by atoms with Gasteiger partial charge in [0.05, 0.1) is 0 Å². The summed E-state index contributed by atoms with van der Waals surface area (Å²) in [7, 11) is 0. The van der Waals surface area contributed by atoms with Gasteiger partial charge in [0.25, 0.3) is 11.8 Å². The summed E-state index contributed by atoms with van der Waals surface area (Å²) in [6, 6.07) is 3.38. The fourth-order valence-electron chi connectivity index (χ4n) is 4.17. The molecule has 13 nitrogen and oxygen atoms in total. The number of carbonyl (C=O) groups excluding carboxylic acids is 2. The van der Waals surface area contributed by atoms with E-state index in [4.69, 9.17) is 4.52 Å². The fraction of sp³-hybridized carbons (Fsp3) is 0.409. The zero-order chi connectivity index (χ0) is 27.7. The Morgan fingerprint density at radius 1 is 1.21 bits per heavy atom. The second kappa shape index (κ2) is 10.6. The van der Waals surface area contributed by atoms with Crippen LogP contribution in [0.4, 0.5) is 19.0 Å². The number of amidine groups is 1. The van der Waals surface area contributed by atoms with E-state index in [1.165, 1.54) is 4.90 Å². The number of carbonyl (C=O) groups is 2. The van der Waals surface area contributed by atoms with E-state index in [9.17, 15) is 22.8 Å². The third-order valence-electron chi connectivity index (χ3n) is 5.94. The lowest BCUT2D eigenvalue weighted by molar-refractivity contribution is -0.249. The first kappa shape index (κ1) is 26.6. The number of aromatic amines is 1. The number of hydrogen-bond acceptors (Lipinski definition) is 11. The molecule has 2 aliphatic heterocycles. The molecule has 5 heterocycles. The van der Waals surface area contributed by atoms with Crippen LogP contribution >= 0.6 is 15.9 Å². The Bertz CT molecular complexity index is 1390. The lowest BCUT2D eigenvalue weighted by Gasteiger charge is -2.40. The molecule has 206 valence electrons. The third-order valence-corrected chi connectivity index (χ3v) is 6.31. The van der Waals surface area contributed by atoms with Crippen LogP contribution < -0.4 is 4.90 Å². The highest BCUT2D eigenvalue weighted by molar-refractivity contribution is 9.10. The average Bonchev–Trinajstić information content (AvgIpc) is 3.62. The molecule has 1 atom stereocenters. The van der Waals surface area contributed by atoms with Gasteiger partial charge >= 0.3 is 12.1 Å². The van der Waals surface area contributed by atoms with Gasteiger partial charge in [0.1, 0.15) is 11.5 Å². The molecule has 0 spiro atoms. The summed E-state index contributed by atoms with van der Waals surface area (Å²) < 4.78 is 44.9. The van der Waals surface area contributed by atoms with Crippen LogP contribution in [0.1, 0.15) is 48.9 Å². The summed E-state index contributed by atoms with van der Waals surface area (Å²) in [5.41, 5.74) is 0.768. The van der Waals surface area contributed by atoms with E-state index in [1.807, 2.05) is 6.92 Å². The first-order chi connectivity index (χ1) is 18.7. The van der Waals surface area contributed by atoms with Gasteiger partial charge in [0, 0.05) is 37.3 Å².